The average molecular weight is 267 g/mol. The molecule has 2 N–H and O–H groups in total. The highest BCUT2D eigenvalue weighted by atomic mass is 35.5. The Morgan fingerprint density at radius 3 is 2.83 bits per heavy atom. The first-order valence-corrected chi connectivity index (χ1v) is 6.86. The van der Waals surface area contributed by atoms with Gasteiger partial charge in [0.05, 0.1) is 5.92 Å². The zero-order valence-corrected chi connectivity index (χ0v) is 11.2. The fraction of sp³-hybridized carbons (Fsp3) is 0.500. The Bertz CT molecular complexity index is 385. The van der Waals surface area contributed by atoms with Gasteiger partial charge in [0.2, 0.25) is 5.91 Å². The van der Waals surface area contributed by atoms with Crippen LogP contribution in [0.5, 0.6) is 0 Å². The van der Waals surface area contributed by atoms with E-state index in [-0.39, 0.29) is 11.8 Å². The van der Waals surface area contributed by atoms with Gasteiger partial charge in [0.25, 0.3) is 0 Å². The molecule has 2 rings (SSSR count). The number of benzene rings is 1. The molecule has 3 nitrogen and oxygen atoms in total. The SMILES string of the molecule is O=C(NCCc1ccc(Cl)cc1)[C@@H]1CCCNC1. The van der Waals surface area contributed by atoms with Crippen LogP contribution in [0.2, 0.25) is 5.02 Å². The van der Waals surface area contributed by atoms with Gasteiger partial charge in [-0.1, -0.05) is 23.7 Å². The Balaban J connectivity index is 1.71. The third kappa shape index (κ3) is 4.00. The van der Waals surface area contributed by atoms with Gasteiger partial charge in [-0.25, -0.2) is 0 Å². The standard InChI is InChI=1S/C14H19ClN2O/c15-13-5-3-11(4-6-13)7-9-17-14(18)12-2-1-8-16-10-12/h3-6,12,16H,1-2,7-10H2,(H,17,18)/t12-/m1/s1. The fourth-order valence-electron chi connectivity index (χ4n) is 2.20. The maximum absolute atomic E-state index is 11.9. The molecular formula is C14H19ClN2O. The number of piperidine rings is 1. The van der Waals surface area contributed by atoms with Crippen molar-refractivity contribution in [1.82, 2.24) is 10.6 Å². The van der Waals surface area contributed by atoms with Crippen molar-refractivity contribution in [2.24, 2.45) is 5.92 Å². The van der Waals surface area contributed by atoms with Gasteiger partial charge in [0, 0.05) is 18.1 Å². The Labute approximate surface area is 113 Å². The first kappa shape index (κ1) is 13.4. The van der Waals surface area contributed by atoms with Crippen LogP contribution in [0.15, 0.2) is 24.3 Å². The lowest BCUT2D eigenvalue weighted by Crippen LogP contribution is -2.41. The fourth-order valence-corrected chi connectivity index (χ4v) is 2.33. The van der Waals surface area contributed by atoms with Crippen molar-refractivity contribution in [3.63, 3.8) is 0 Å². The summed E-state index contributed by atoms with van der Waals surface area (Å²) in [4.78, 5) is 11.9. The first-order chi connectivity index (χ1) is 8.75. The second-order valence-corrected chi connectivity index (χ2v) is 5.15. The zero-order valence-electron chi connectivity index (χ0n) is 10.4. The van der Waals surface area contributed by atoms with Crippen molar-refractivity contribution in [2.45, 2.75) is 19.3 Å². The largest absolute Gasteiger partial charge is 0.355 e. The van der Waals surface area contributed by atoms with Gasteiger partial charge in [0.15, 0.2) is 0 Å². The second-order valence-electron chi connectivity index (χ2n) is 4.71. The first-order valence-electron chi connectivity index (χ1n) is 6.48. The number of carbonyl (C=O) groups excluding carboxylic acids is 1. The highest BCUT2D eigenvalue weighted by Crippen LogP contribution is 2.11. The number of nitrogens with one attached hydrogen (secondary N) is 2. The van der Waals surface area contributed by atoms with E-state index in [0.717, 1.165) is 37.4 Å². The van der Waals surface area contributed by atoms with Gasteiger partial charge >= 0.3 is 0 Å². The number of amides is 1. The van der Waals surface area contributed by atoms with Crippen LogP contribution in [-0.2, 0) is 11.2 Å². The van der Waals surface area contributed by atoms with Gasteiger partial charge in [-0.2, -0.15) is 0 Å². The predicted molar refractivity (Wildman–Crippen MR) is 73.8 cm³/mol. The van der Waals surface area contributed by atoms with E-state index in [2.05, 4.69) is 10.6 Å². The van der Waals surface area contributed by atoms with E-state index in [9.17, 15) is 4.79 Å². The molecule has 1 atom stereocenters. The zero-order chi connectivity index (χ0) is 12.8. The molecule has 98 valence electrons. The predicted octanol–water partition coefficient (Wildman–Crippen LogP) is 2.00. The molecule has 4 heteroatoms. The van der Waals surface area contributed by atoms with E-state index < -0.39 is 0 Å². The molecule has 0 unspecified atom stereocenters. The van der Waals surface area contributed by atoms with E-state index in [1.54, 1.807) is 0 Å². The van der Waals surface area contributed by atoms with Crippen molar-refractivity contribution >= 4 is 17.5 Å². The van der Waals surface area contributed by atoms with Crippen molar-refractivity contribution in [1.29, 1.82) is 0 Å². The number of carbonyl (C=O) groups is 1. The lowest BCUT2D eigenvalue weighted by Gasteiger charge is -2.21. The highest BCUT2D eigenvalue weighted by molar-refractivity contribution is 6.30. The van der Waals surface area contributed by atoms with Crippen LogP contribution in [0.4, 0.5) is 0 Å². The van der Waals surface area contributed by atoms with Crippen LogP contribution < -0.4 is 10.6 Å². The molecule has 0 bridgehead atoms. The summed E-state index contributed by atoms with van der Waals surface area (Å²) in [7, 11) is 0. The monoisotopic (exact) mass is 266 g/mol. The smallest absolute Gasteiger partial charge is 0.224 e. The Morgan fingerprint density at radius 2 is 2.17 bits per heavy atom. The summed E-state index contributed by atoms with van der Waals surface area (Å²) in [5.41, 5.74) is 1.20. The van der Waals surface area contributed by atoms with E-state index >= 15 is 0 Å². The van der Waals surface area contributed by atoms with Crippen molar-refractivity contribution < 1.29 is 4.79 Å². The molecule has 18 heavy (non-hydrogen) atoms. The Morgan fingerprint density at radius 1 is 1.39 bits per heavy atom. The topological polar surface area (TPSA) is 41.1 Å². The molecule has 0 aromatic heterocycles. The highest BCUT2D eigenvalue weighted by Gasteiger charge is 2.19. The summed E-state index contributed by atoms with van der Waals surface area (Å²) in [6, 6.07) is 7.75. The normalized spacial score (nSPS) is 19.5. The molecule has 1 aromatic carbocycles. The quantitative estimate of drug-likeness (QED) is 0.875. The van der Waals surface area contributed by atoms with E-state index in [1.165, 1.54) is 5.56 Å². The molecule has 0 aliphatic carbocycles. The lowest BCUT2D eigenvalue weighted by atomic mass is 9.99. The molecule has 1 amide bonds. The molecule has 1 saturated heterocycles. The van der Waals surface area contributed by atoms with E-state index in [4.69, 9.17) is 11.6 Å². The minimum Gasteiger partial charge on any atom is -0.355 e. The minimum absolute atomic E-state index is 0.143. The van der Waals surface area contributed by atoms with Crippen molar-refractivity contribution in [3.05, 3.63) is 34.9 Å². The summed E-state index contributed by atoms with van der Waals surface area (Å²) < 4.78 is 0. The van der Waals surface area contributed by atoms with Crippen LogP contribution in [0.1, 0.15) is 18.4 Å². The van der Waals surface area contributed by atoms with Gasteiger partial charge in [-0.05, 0) is 43.5 Å². The van der Waals surface area contributed by atoms with Gasteiger partial charge in [0.1, 0.15) is 0 Å². The third-order valence-corrected chi connectivity index (χ3v) is 3.55. The van der Waals surface area contributed by atoms with Gasteiger partial charge in [-0.15, -0.1) is 0 Å². The molecular weight excluding hydrogens is 248 g/mol. The molecule has 0 radical (unpaired) electrons. The molecule has 1 aromatic rings. The van der Waals surface area contributed by atoms with Crippen LogP contribution in [0.25, 0.3) is 0 Å². The summed E-state index contributed by atoms with van der Waals surface area (Å²) >= 11 is 5.82. The number of halogens is 1. The van der Waals surface area contributed by atoms with E-state index in [1.807, 2.05) is 24.3 Å². The Kier molecular flexibility index (Phi) is 5.02. The maximum Gasteiger partial charge on any atom is 0.224 e. The number of hydrogen-bond acceptors (Lipinski definition) is 2. The van der Waals surface area contributed by atoms with Crippen LogP contribution in [0, 0.1) is 5.92 Å². The number of rotatable bonds is 4. The molecule has 0 spiro atoms. The molecule has 1 fully saturated rings. The minimum atomic E-state index is 0.143. The second kappa shape index (κ2) is 6.76. The molecule has 1 aliphatic rings. The van der Waals surface area contributed by atoms with Crippen LogP contribution in [0.3, 0.4) is 0 Å². The Hall–Kier alpha value is -1.06. The van der Waals surface area contributed by atoms with Gasteiger partial charge < -0.3 is 10.6 Å². The maximum atomic E-state index is 11.9. The van der Waals surface area contributed by atoms with Crippen LogP contribution in [-0.4, -0.2) is 25.5 Å². The summed E-state index contributed by atoms with van der Waals surface area (Å²) in [6.45, 7) is 2.54. The summed E-state index contributed by atoms with van der Waals surface area (Å²) in [6.07, 6.45) is 2.94. The third-order valence-electron chi connectivity index (χ3n) is 3.29. The lowest BCUT2D eigenvalue weighted by molar-refractivity contribution is -0.125. The van der Waals surface area contributed by atoms with Crippen LogP contribution >= 0.6 is 11.6 Å². The van der Waals surface area contributed by atoms with Crippen molar-refractivity contribution in [3.8, 4) is 0 Å². The number of hydrogen-bond donors (Lipinski definition) is 2. The average Bonchev–Trinajstić information content (AvgIpc) is 2.42. The molecule has 0 saturated carbocycles. The summed E-state index contributed by atoms with van der Waals surface area (Å²) in [5.74, 6) is 0.320. The van der Waals surface area contributed by atoms with Crippen molar-refractivity contribution in [2.75, 3.05) is 19.6 Å². The molecule has 1 aliphatic heterocycles. The molecule has 1 heterocycles. The summed E-state index contributed by atoms with van der Waals surface area (Å²) in [5, 5.41) is 7.00. The van der Waals surface area contributed by atoms with E-state index in [0.29, 0.717) is 6.54 Å². The van der Waals surface area contributed by atoms with Gasteiger partial charge in [-0.3, -0.25) is 4.79 Å².